The molecule has 0 aliphatic heterocycles. The quantitative estimate of drug-likeness (QED) is 0.343. The second kappa shape index (κ2) is 7.24. The molecule has 0 saturated carbocycles. The van der Waals surface area contributed by atoms with Gasteiger partial charge in [0.25, 0.3) is 5.91 Å². The second-order valence-corrected chi connectivity index (χ2v) is 4.52. The molecule has 5 heteroatoms. The van der Waals surface area contributed by atoms with E-state index in [4.69, 9.17) is 5.84 Å². The molecule has 0 radical (unpaired) electrons. The molecule has 16 heavy (non-hydrogen) atoms. The van der Waals surface area contributed by atoms with Crippen molar-refractivity contribution in [1.29, 1.82) is 0 Å². The van der Waals surface area contributed by atoms with Crippen LogP contribution in [0, 0.1) is 0 Å². The molecule has 0 aliphatic carbocycles. The number of aromatic nitrogens is 1. The number of hydrazine groups is 1. The Morgan fingerprint density at radius 2 is 2.38 bits per heavy atom. The summed E-state index contributed by atoms with van der Waals surface area (Å²) in [6.07, 6.45) is 4.01. The molecule has 0 spiro atoms. The van der Waals surface area contributed by atoms with Crippen molar-refractivity contribution in [2.45, 2.75) is 25.5 Å². The van der Waals surface area contributed by atoms with Crippen molar-refractivity contribution in [2.24, 2.45) is 5.84 Å². The number of pyridine rings is 1. The van der Waals surface area contributed by atoms with E-state index in [2.05, 4.69) is 17.3 Å². The van der Waals surface area contributed by atoms with E-state index in [-0.39, 0.29) is 5.91 Å². The van der Waals surface area contributed by atoms with Crippen molar-refractivity contribution < 1.29 is 4.79 Å². The molecule has 88 valence electrons. The smallest absolute Gasteiger partial charge is 0.266 e. The van der Waals surface area contributed by atoms with E-state index in [0.29, 0.717) is 5.56 Å². The third-order valence-corrected chi connectivity index (χ3v) is 3.19. The highest BCUT2D eigenvalue weighted by atomic mass is 32.2. The Hall–Kier alpha value is -1.07. The third-order valence-electron chi connectivity index (χ3n) is 2.11. The maximum Gasteiger partial charge on any atom is 0.266 e. The van der Waals surface area contributed by atoms with Gasteiger partial charge < -0.3 is 0 Å². The summed E-state index contributed by atoms with van der Waals surface area (Å²) in [5, 5.41) is 0. The van der Waals surface area contributed by atoms with Crippen molar-refractivity contribution in [1.82, 2.24) is 10.4 Å². The molecule has 3 N–H and O–H groups in total. The van der Waals surface area contributed by atoms with Gasteiger partial charge in [0.05, 0.1) is 11.3 Å². The Balaban J connectivity index is 2.42. The highest BCUT2D eigenvalue weighted by molar-refractivity contribution is 7.98. The van der Waals surface area contributed by atoms with Crippen LogP contribution in [0.4, 0.5) is 0 Å². The summed E-state index contributed by atoms with van der Waals surface area (Å²) < 4.78 is 0. The molecule has 1 aromatic heterocycles. The van der Waals surface area contributed by atoms with Crippen LogP contribution >= 0.6 is 11.8 Å². The number of nitrogens with zero attached hydrogens (tertiary/aromatic N) is 1. The number of thioether (sulfide) groups is 1. The maximum absolute atomic E-state index is 11.1. The van der Waals surface area contributed by atoms with Gasteiger partial charge in [-0.25, -0.2) is 5.84 Å². The summed E-state index contributed by atoms with van der Waals surface area (Å²) in [4.78, 5) is 15.4. The molecule has 0 atom stereocenters. The predicted octanol–water partition coefficient (Wildman–Crippen LogP) is 1.72. The van der Waals surface area contributed by atoms with Crippen LogP contribution in [0.5, 0.6) is 0 Å². The third kappa shape index (κ3) is 4.20. The lowest BCUT2D eigenvalue weighted by molar-refractivity contribution is 0.0953. The van der Waals surface area contributed by atoms with E-state index < -0.39 is 0 Å². The molecule has 0 saturated heterocycles. The highest BCUT2D eigenvalue weighted by Gasteiger charge is 2.03. The number of rotatable bonds is 6. The normalized spacial score (nSPS) is 10.1. The van der Waals surface area contributed by atoms with E-state index in [1.807, 2.05) is 17.8 Å². The van der Waals surface area contributed by atoms with Gasteiger partial charge in [0.15, 0.2) is 0 Å². The van der Waals surface area contributed by atoms with Crippen molar-refractivity contribution in [3.63, 3.8) is 0 Å². The van der Waals surface area contributed by atoms with Gasteiger partial charge in [0.1, 0.15) is 0 Å². The van der Waals surface area contributed by atoms with E-state index in [1.165, 1.54) is 12.8 Å². The first-order chi connectivity index (χ1) is 7.77. The summed E-state index contributed by atoms with van der Waals surface area (Å²) in [6, 6.07) is 3.61. The number of amides is 1. The average molecular weight is 239 g/mol. The van der Waals surface area contributed by atoms with Gasteiger partial charge >= 0.3 is 0 Å². The van der Waals surface area contributed by atoms with E-state index in [9.17, 15) is 4.79 Å². The molecule has 0 aromatic carbocycles. The zero-order chi connectivity index (χ0) is 11.8. The Morgan fingerprint density at radius 1 is 1.56 bits per heavy atom. The van der Waals surface area contributed by atoms with Gasteiger partial charge in [0, 0.05) is 11.9 Å². The molecule has 1 heterocycles. The maximum atomic E-state index is 11.1. The van der Waals surface area contributed by atoms with E-state index in [0.717, 1.165) is 17.2 Å². The first-order valence-electron chi connectivity index (χ1n) is 5.31. The molecule has 1 rings (SSSR count). The number of nitrogens with one attached hydrogen (secondary N) is 1. The van der Waals surface area contributed by atoms with Crippen LogP contribution in [0.3, 0.4) is 0 Å². The first kappa shape index (κ1) is 13.0. The largest absolute Gasteiger partial charge is 0.290 e. The lowest BCUT2D eigenvalue weighted by Gasteiger charge is -2.02. The summed E-state index contributed by atoms with van der Waals surface area (Å²) in [6.45, 7) is 2.18. The number of nitrogens with two attached hydrogens (primary N) is 1. The van der Waals surface area contributed by atoms with Crippen molar-refractivity contribution in [3.05, 3.63) is 29.6 Å². The molecule has 1 amide bonds. The van der Waals surface area contributed by atoms with Crippen molar-refractivity contribution in [2.75, 3.05) is 5.75 Å². The standard InChI is InChI=1S/C11H17N3OS/c1-2-3-6-16-8-10-5-4-9(7-13-10)11(15)14-12/h4-5,7H,2-3,6,8,12H2,1H3,(H,14,15). The molecule has 4 nitrogen and oxygen atoms in total. The van der Waals surface area contributed by atoms with E-state index >= 15 is 0 Å². The molecule has 0 unspecified atom stereocenters. The van der Waals surface area contributed by atoms with Crippen LogP contribution in [0.15, 0.2) is 18.3 Å². The summed E-state index contributed by atoms with van der Waals surface area (Å²) in [7, 11) is 0. The molecule has 0 fully saturated rings. The van der Waals surface area contributed by atoms with Crippen LogP contribution in [-0.4, -0.2) is 16.6 Å². The van der Waals surface area contributed by atoms with Crippen LogP contribution in [-0.2, 0) is 5.75 Å². The minimum absolute atomic E-state index is 0.308. The highest BCUT2D eigenvalue weighted by Crippen LogP contribution is 2.12. The van der Waals surface area contributed by atoms with Gasteiger partial charge in [0.2, 0.25) is 0 Å². The van der Waals surface area contributed by atoms with Gasteiger partial charge in [-0.1, -0.05) is 13.3 Å². The first-order valence-corrected chi connectivity index (χ1v) is 6.47. The molecule has 0 bridgehead atoms. The molecule has 1 aromatic rings. The number of hydrogen-bond acceptors (Lipinski definition) is 4. The summed E-state index contributed by atoms with van der Waals surface area (Å²) >= 11 is 1.86. The van der Waals surface area contributed by atoms with E-state index in [1.54, 1.807) is 12.3 Å². The average Bonchev–Trinajstić information content (AvgIpc) is 2.34. The van der Waals surface area contributed by atoms with Gasteiger partial charge in [-0.2, -0.15) is 11.8 Å². The fourth-order valence-corrected chi connectivity index (χ4v) is 2.17. The van der Waals surface area contributed by atoms with Crippen LogP contribution in [0.1, 0.15) is 35.8 Å². The van der Waals surface area contributed by atoms with Gasteiger partial charge in [-0.15, -0.1) is 0 Å². The second-order valence-electron chi connectivity index (χ2n) is 3.42. The fraction of sp³-hybridized carbons (Fsp3) is 0.455. The Labute approximate surface area is 100.0 Å². The zero-order valence-corrected chi connectivity index (χ0v) is 10.2. The lowest BCUT2D eigenvalue weighted by Crippen LogP contribution is -2.30. The Kier molecular flexibility index (Phi) is 5.88. The summed E-state index contributed by atoms with van der Waals surface area (Å²) in [5.74, 6) is 6.77. The van der Waals surface area contributed by atoms with Crippen molar-refractivity contribution in [3.8, 4) is 0 Å². The minimum atomic E-state index is -0.308. The Bertz CT molecular complexity index is 327. The number of unbranched alkanes of at least 4 members (excludes halogenated alkanes) is 1. The van der Waals surface area contributed by atoms with Crippen molar-refractivity contribution >= 4 is 17.7 Å². The SMILES string of the molecule is CCCCSCc1ccc(C(=O)NN)cn1. The number of carbonyl (C=O) groups excluding carboxylic acids is 1. The number of hydrogen-bond donors (Lipinski definition) is 2. The van der Waals surface area contributed by atoms with Crippen LogP contribution in [0.25, 0.3) is 0 Å². The molecular weight excluding hydrogens is 222 g/mol. The summed E-state index contributed by atoms with van der Waals surface area (Å²) in [5.41, 5.74) is 3.56. The predicted molar refractivity (Wildman–Crippen MR) is 67.0 cm³/mol. The van der Waals surface area contributed by atoms with Gasteiger partial charge in [-0.05, 0) is 24.3 Å². The van der Waals surface area contributed by atoms with Gasteiger partial charge in [-0.3, -0.25) is 15.2 Å². The Morgan fingerprint density at radius 3 is 2.94 bits per heavy atom. The molecule has 0 aliphatic rings. The minimum Gasteiger partial charge on any atom is -0.290 e. The molecular formula is C11H17N3OS. The zero-order valence-electron chi connectivity index (χ0n) is 9.40. The topological polar surface area (TPSA) is 68.0 Å². The number of nitrogen functional groups attached to an aromatic ring is 1. The fourth-order valence-electron chi connectivity index (χ4n) is 1.15. The number of carbonyl (C=O) groups is 1. The monoisotopic (exact) mass is 239 g/mol. The van der Waals surface area contributed by atoms with Crippen LogP contribution in [0.2, 0.25) is 0 Å². The lowest BCUT2D eigenvalue weighted by atomic mass is 10.2. The van der Waals surface area contributed by atoms with Crippen LogP contribution < -0.4 is 11.3 Å².